The zero-order valence-electron chi connectivity index (χ0n) is 19.3. The van der Waals surface area contributed by atoms with Crippen LogP contribution >= 0.6 is 0 Å². The van der Waals surface area contributed by atoms with E-state index in [0.717, 1.165) is 23.1 Å². The molecule has 8 nitrogen and oxygen atoms in total. The highest BCUT2D eigenvalue weighted by atomic mass is 19.1. The Morgan fingerprint density at radius 2 is 1.88 bits per heavy atom. The largest absolute Gasteiger partial charge is 0.397 e. The lowest BCUT2D eigenvalue weighted by Gasteiger charge is -2.24. The maximum absolute atomic E-state index is 14.9. The number of aromatic nitrogens is 4. The van der Waals surface area contributed by atoms with Gasteiger partial charge in [-0.05, 0) is 49.9 Å². The number of carbonyl (C=O) groups is 1. The third-order valence-electron chi connectivity index (χ3n) is 6.31. The Balaban J connectivity index is 1.44. The summed E-state index contributed by atoms with van der Waals surface area (Å²) in [4.78, 5) is 23.0. The van der Waals surface area contributed by atoms with Crippen LogP contribution in [0.5, 0.6) is 0 Å². The van der Waals surface area contributed by atoms with Gasteiger partial charge in [-0.25, -0.2) is 9.37 Å². The summed E-state index contributed by atoms with van der Waals surface area (Å²) in [5.74, 6) is 0.901. The van der Waals surface area contributed by atoms with Crippen molar-refractivity contribution >= 4 is 34.0 Å². The second-order valence-corrected chi connectivity index (χ2v) is 8.88. The molecular weight excluding hydrogens is 433 g/mol. The molecule has 0 spiro atoms. The number of benzene rings is 1. The average molecular weight is 460 g/mol. The van der Waals surface area contributed by atoms with Crippen molar-refractivity contribution in [3.8, 4) is 11.1 Å². The van der Waals surface area contributed by atoms with Gasteiger partial charge in [0.15, 0.2) is 5.82 Å². The number of nitrogens with two attached hydrogens (primary N) is 1. The Labute approximate surface area is 196 Å². The molecule has 1 aromatic carbocycles. The monoisotopic (exact) mass is 459 g/mol. The van der Waals surface area contributed by atoms with Crippen LogP contribution in [0.15, 0.2) is 42.9 Å². The summed E-state index contributed by atoms with van der Waals surface area (Å²) in [5, 5.41) is 9.29. The normalized spacial score (nSPS) is 13.9. The summed E-state index contributed by atoms with van der Waals surface area (Å²) in [6, 6.07) is 7.21. The zero-order valence-corrected chi connectivity index (χ0v) is 19.3. The molecule has 0 unspecified atom stereocenters. The fourth-order valence-electron chi connectivity index (χ4n) is 4.36. The van der Waals surface area contributed by atoms with Crippen LogP contribution in [0, 0.1) is 12.7 Å². The number of nitrogens with one attached hydrogen (secondary N) is 1. The number of hydrogen-bond acceptors (Lipinski definition) is 6. The van der Waals surface area contributed by atoms with Crippen molar-refractivity contribution in [2.24, 2.45) is 0 Å². The van der Waals surface area contributed by atoms with Gasteiger partial charge in [0.1, 0.15) is 18.2 Å². The predicted octanol–water partition coefficient (Wildman–Crippen LogP) is 4.06. The third kappa shape index (κ3) is 3.93. The SMILES string of the molecule is Cc1c(N)cncc1-c1cc2cc(Nc3cc4n(n3)CC(=O)N(C(C)C)CC4)ncc2cc1F. The van der Waals surface area contributed by atoms with E-state index in [1.54, 1.807) is 29.3 Å². The number of carbonyl (C=O) groups excluding carboxylic acids is 1. The molecule has 3 N–H and O–H groups in total. The highest BCUT2D eigenvalue weighted by Gasteiger charge is 2.24. The molecule has 0 aliphatic carbocycles. The second-order valence-electron chi connectivity index (χ2n) is 8.88. The molecule has 4 heterocycles. The molecule has 1 aliphatic rings. The molecule has 4 aromatic rings. The average Bonchev–Trinajstić information content (AvgIpc) is 3.08. The summed E-state index contributed by atoms with van der Waals surface area (Å²) >= 11 is 0. The first-order valence-corrected chi connectivity index (χ1v) is 11.2. The zero-order chi connectivity index (χ0) is 24.0. The Hall–Kier alpha value is -4.01. The minimum absolute atomic E-state index is 0.0631. The summed E-state index contributed by atoms with van der Waals surface area (Å²) < 4.78 is 16.6. The Morgan fingerprint density at radius 1 is 1.06 bits per heavy atom. The molecule has 0 saturated heterocycles. The van der Waals surface area contributed by atoms with Gasteiger partial charge < -0.3 is 16.0 Å². The molecule has 0 saturated carbocycles. The van der Waals surface area contributed by atoms with E-state index >= 15 is 0 Å². The van der Waals surface area contributed by atoms with Crippen molar-refractivity contribution in [2.75, 3.05) is 17.6 Å². The van der Waals surface area contributed by atoms with Crippen LogP contribution in [0.4, 0.5) is 21.7 Å². The van der Waals surface area contributed by atoms with Gasteiger partial charge in [0.2, 0.25) is 5.91 Å². The topological polar surface area (TPSA) is 102 Å². The lowest BCUT2D eigenvalue weighted by Crippen LogP contribution is -2.38. The van der Waals surface area contributed by atoms with Gasteiger partial charge in [0, 0.05) is 59.7 Å². The van der Waals surface area contributed by atoms with Crippen molar-refractivity contribution in [1.82, 2.24) is 24.6 Å². The van der Waals surface area contributed by atoms with E-state index < -0.39 is 0 Å². The third-order valence-corrected chi connectivity index (χ3v) is 6.31. The first kappa shape index (κ1) is 21.8. The number of halogens is 1. The number of nitrogens with zero attached hydrogens (tertiary/aromatic N) is 5. The van der Waals surface area contributed by atoms with Gasteiger partial charge >= 0.3 is 0 Å². The Bertz CT molecular complexity index is 1410. The molecule has 0 fully saturated rings. The quantitative estimate of drug-likeness (QED) is 0.477. The number of anilines is 3. The minimum atomic E-state index is -0.358. The van der Waals surface area contributed by atoms with Crippen LogP contribution in [0.3, 0.4) is 0 Å². The van der Waals surface area contributed by atoms with Gasteiger partial charge in [-0.1, -0.05) is 0 Å². The highest BCUT2D eigenvalue weighted by molar-refractivity contribution is 5.90. The van der Waals surface area contributed by atoms with Crippen LogP contribution in [0.2, 0.25) is 0 Å². The van der Waals surface area contributed by atoms with Gasteiger partial charge in [0.05, 0.1) is 11.9 Å². The molecule has 9 heteroatoms. The molecule has 0 atom stereocenters. The standard InChI is InChI=1S/C25H26FN7O/c1-14(2)32-5-4-18-9-24(31-33(18)13-25(32)34)30-23-8-16-6-19(21(26)7-17(16)10-29-23)20-11-28-12-22(27)15(20)3/h6-12,14H,4-5,13,27H2,1-3H3,(H,29,30,31). The molecule has 174 valence electrons. The Kier molecular flexibility index (Phi) is 5.39. The molecule has 34 heavy (non-hydrogen) atoms. The first-order chi connectivity index (χ1) is 16.3. The highest BCUT2D eigenvalue weighted by Crippen LogP contribution is 2.32. The van der Waals surface area contributed by atoms with E-state index in [4.69, 9.17) is 5.73 Å². The molecule has 3 aromatic heterocycles. The first-order valence-electron chi connectivity index (χ1n) is 11.2. The maximum Gasteiger partial charge on any atom is 0.244 e. The Morgan fingerprint density at radius 3 is 2.68 bits per heavy atom. The predicted molar refractivity (Wildman–Crippen MR) is 130 cm³/mol. The molecule has 0 radical (unpaired) electrons. The summed E-state index contributed by atoms with van der Waals surface area (Å²) in [7, 11) is 0. The summed E-state index contributed by atoms with van der Waals surface area (Å²) in [6.07, 6.45) is 5.54. The fourth-order valence-corrected chi connectivity index (χ4v) is 4.36. The molecule has 1 amide bonds. The van der Waals surface area contributed by atoms with Crippen LogP contribution in [0.1, 0.15) is 25.1 Å². The van der Waals surface area contributed by atoms with E-state index in [1.165, 1.54) is 6.07 Å². The van der Waals surface area contributed by atoms with Crippen LogP contribution < -0.4 is 11.1 Å². The number of fused-ring (bicyclic) bond motifs is 2. The van der Waals surface area contributed by atoms with E-state index in [2.05, 4.69) is 20.4 Å². The number of amides is 1. The second kappa shape index (κ2) is 8.40. The molecule has 0 bridgehead atoms. The van der Waals surface area contributed by atoms with Crippen LogP contribution in [0.25, 0.3) is 21.9 Å². The van der Waals surface area contributed by atoms with Gasteiger partial charge in [-0.15, -0.1) is 0 Å². The molecular formula is C25H26FN7O. The van der Waals surface area contributed by atoms with Crippen molar-refractivity contribution in [2.45, 2.75) is 39.8 Å². The van der Waals surface area contributed by atoms with Crippen molar-refractivity contribution in [3.05, 3.63) is 59.9 Å². The van der Waals surface area contributed by atoms with Crippen molar-refractivity contribution < 1.29 is 9.18 Å². The van der Waals surface area contributed by atoms with Crippen molar-refractivity contribution in [1.29, 1.82) is 0 Å². The maximum atomic E-state index is 14.9. The number of rotatable bonds is 4. The van der Waals surface area contributed by atoms with Gasteiger partial charge in [-0.3, -0.25) is 14.5 Å². The van der Waals surface area contributed by atoms with E-state index in [0.29, 0.717) is 40.4 Å². The van der Waals surface area contributed by atoms with E-state index in [1.807, 2.05) is 37.8 Å². The van der Waals surface area contributed by atoms with Crippen LogP contribution in [-0.4, -0.2) is 43.1 Å². The van der Waals surface area contributed by atoms with Crippen LogP contribution in [-0.2, 0) is 17.8 Å². The minimum Gasteiger partial charge on any atom is -0.397 e. The summed E-state index contributed by atoms with van der Waals surface area (Å²) in [5.41, 5.74) is 9.36. The van der Waals surface area contributed by atoms with E-state index in [9.17, 15) is 9.18 Å². The molecule has 5 rings (SSSR count). The number of hydrogen-bond donors (Lipinski definition) is 2. The number of pyridine rings is 2. The lowest BCUT2D eigenvalue weighted by atomic mass is 9.99. The summed E-state index contributed by atoms with van der Waals surface area (Å²) in [6.45, 7) is 6.78. The van der Waals surface area contributed by atoms with Gasteiger partial charge in [-0.2, -0.15) is 5.10 Å². The smallest absolute Gasteiger partial charge is 0.244 e. The van der Waals surface area contributed by atoms with E-state index in [-0.39, 0.29) is 24.3 Å². The fraction of sp³-hybridized carbons (Fsp3) is 0.280. The molecule has 1 aliphatic heterocycles. The number of nitrogen functional groups attached to an aromatic ring is 1. The lowest BCUT2D eigenvalue weighted by molar-refractivity contribution is -0.133. The van der Waals surface area contributed by atoms with Crippen molar-refractivity contribution in [3.63, 3.8) is 0 Å². The van der Waals surface area contributed by atoms with Gasteiger partial charge in [0.25, 0.3) is 0 Å².